The summed E-state index contributed by atoms with van der Waals surface area (Å²) in [6.45, 7) is 0.887. The molecule has 1 unspecified atom stereocenters. The van der Waals surface area contributed by atoms with E-state index in [-0.39, 0.29) is 0 Å². The minimum atomic E-state index is 0.310. The van der Waals surface area contributed by atoms with Gasteiger partial charge >= 0.3 is 0 Å². The summed E-state index contributed by atoms with van der Waals surface area (Å²) in [5.41, 5.74) is 1.02. The van der Waals surface area contributed by atoms with Crippen molar-refractivity contribution in [3.05, 3.63) is 36.3 Å². The van der Waals surface area contributed by atoms with Crippen LogP contribution in [0.2, 0.25) is 0 Å². The fraction of sp³-hybridized carbons (Fsp3) is 0.429. The topological polar surface area (TPSA) is 35.0 Å². The Bertz CT molecular complexity index is 506. The van der Waals surface area contributed by atoms with Gasteiger partial charge in [0.2, 0.25) is 0 Å². The molecule has 0 N–H and O–H groups in total. The Labute approximate surface area is 101 Å². The quantitative estimate of drug-likeness (QED) is 0.792. The number of para-hydroxylation sites is 1. The van der Waals surface area contributed by atoms with Gasteiger partial charge in [0.1, 0.15) is 5.82 Å². The van der Waals surface area contributed by atoms with Crippen molar-refractivity contribution in [1.82, 2.24) is 9.97 Å². The van der Waals surface area contributed by atoms with Crippen LogP contribution >= 0.6 is 0 Å². The van der Waals surface area contributed by atoms with E-state index in [9.17, 15) is 0 Å². The predicted molar refractivity (Wildman–Crippen MR) is 66.8 cm³/mol. The molecule has 0 saturated carbocycles. The number of benzene rings is 1. The summed E-state index contributed by atoms with van der Waals surface area (Å²) >= 11 is 0. The standard InChI is InChI=1S/C14H16N2O/c1-2-7-13-11(5-1)10-15-14(16-13)9-12-6-3-4-8-17-12/h1-2,5,7,10,12H,3-4,6,8-9H2. The summed E-state index contributed by atoms with van der Waals surface area (Å²) in [6, 6.07) is 8.09. The number of hydrogen-bond donors (Lipinski definition) is 0. The van der Waals surface area contributed by atoms with Crippen LogP contribution < -0.4 is 0 Å². The molecule has 2 aromatic rings. The van der Waals surface area contributed by atoms with Gasteiger partial charge in [0.05, 0.1) is 11.6 Å². The number of rotatable bonds is 2. The number of hydrogen-bond acceptors (Lipinski definition) is 3. The second kappa shape index (κ2) is 4.80. The molecule has 3 nitrogen and oxygen atoms in total. The lowest BCUT2D eigenvalue weighted by molar-refractivity contribution is 0.0157. The van der Waals surface area contributed by atoms with Gasteiger partial charge in [0.15, 0.2) is 0 Å². The lowest BCUT2D eigenvalue weighted by Crippen LogP contribution is -2.22. The number of nitrogens with zero attached hydrogens (tertiary/aromatic N) is 2. The molecule has 0 spiro atoms. The molecule has 88 valence electrons. The van der Waals surface area contributed by atoms with Crippen LogP contribution in [0, 0.1) is 0 Å². The first-order valence-electron chi connectivity index (χ1n) is 6.24. The van der Waals surface area contributed by atoms with Crippen molar-refractivity contribution in [2.24, 2.45) is 0 Å². The number of ether oxygens (including phenoxy) is 1. The summed E-state index contributed by atoms with van der Waals surface area (Å²) in [7, 11) is 0. The van der Waals surface area contributed by atoms with Crippen molar-refractivity contribution in [3.63, 3.8) is 0 Å². The van der Waals surface area contributed by atoms with Crippen LogP contribution in [0.3, 0.4) is 0 Å². The molecule has 0 bridgehead atoms. The zero-order valence-corrected chi connectivity index (χ0v) is 9.80. The van der Waals surface area contributed by atoms with Crippen molar-refractivity contribution in [2.45, 2.75) is 31.8 Å². The Morgan fingerprint density at radius 2 is 2.18 bits per heavy atom. The Kier molecular flexibility index (Phi) is 3.01. The molecule has 1 saturated heterocycles. The van der Waals surface area contributed by atoms with E-state index in [2.05, 4.69) is 9.97 Å². The molecule has 0 amide bonds. The van der Waals surface area contributed by atoms with Crippen LogP contribution in [0.4, 0.5) is 0 Å². The summed E-state index contributed by atoms with van der Waals surface area (Å²) in [6.07, 6.45) is 6.64. The molecular weight excluding hydrogens is 212 g/mol. The van der Waals surface area contributed by atoms with Gasteiger partial charge in [-0.15, -0.1) is 0 Å². The predicted octanol–water partition coefficient (Wildman–Crippen LogP) is 2.74. The molecule has 1 fully saturated rings. The Hall–Kier alpha value is -1.48. The minimum absolute atomic E-state index is 0.310. The summed E-state index contributed by atoms with van der Waals surface area (Å²) in [5, 5.41) is 1.10. The zero-order chi connectivity index (χ0) is 11.5. The maximum absolute atomic E-state index is 5.71. The summed E-state index contributed by atoms with van der Waals surface area (Å²) in [5.74, 6) is 0.899. The van der Waals surface area contributed by atoms with Crippen molar-refractivity contribution < 1.29 is 4.74 Å². The SMILES string of the molecule is c1ccc2nc(CC3CCCCO3)ncc2c1. The highest BCUT2D eigenvalue weighted by atomic mass is 16.5. The third-order valence-corrected chi connectivity index (χ3v) is 3.22. The molecule has 1 aliphatic rings. The monoisotopic (exact) mass is 228 g/mol. The minimum Gasteiger partial charge on any atom is -0.378 e. The molecular formula is C14H16N2O. The van der Waals surface area contributed by atoms with E-state index in [4.69, 9.17) is 4.74 Å². The van der Waals surface area contributed by atoms with Crippen molar-refractivity contribution in [2.75, 3.05) is 6.61 Å². The lowest BCUT2D eigenvalue weighted by Gasteiger charge is -2.21. The first-order chi connectivity index (χ1) is 8.42. The Balaban J connectivity index is 1.80. The highest BCUT2D eigenvalue weighted by Crippen LogP contribution is 2.17. The maximum Gasteiger partial charge on any atom is 0.131 e. The van der Waals surface area contributed by atoms with Crippen LogP contribution in [0.25, 0.3) is 10.9 Å². The molecule has 1 aromatic carbocycles. The number of aromatic nitrogens is 2. The van der Waals surface area contributed by atoms with Crippen LogP contribution in [0.1, 0.15) is 25.1 Å². The largest absolute Gasteiger partial charge is 0.378 e. The van der Waals surface area contributed by atoms with Crippen molar-refractivity contribution in [1.29, 1.82) is 0 Å². The van der Waals surface area contributed by atoms with Crippen LogP contribution in [-0.2, 0) is 11.2 Å². The molecule has 3 rings (SSSR count). The molecule has 17 heavy (non-hydrogen) atoms. The normalized spacial score (nSPS) is 20.6. The molecule has 1 aromatic heterocycles. The molecule has 0 radical (unpaired) electrons. The summed E-state index contributed by atoms with van der Waals surface area (Å²) < 4.78 is 5.71. The third kappa shape index (κ3) is 2.44. The van der Waals surface area contributed by atoms with Gasteiger partial charge in [-0.2, -0.15) is 0 Å². The van der Waals surface area contributed by atoms with Gasteiger partial charge in [0, 0.05) is 24.6 Å². The molecule has 3 heteroatoms. The third-order valence-electron chi connectivity index (χ3n) is 3.22. The van der Waals surface area contributed by atoms with E-state index < -0.39 is 0 Å². The Morgan fingerprint density at radius 3 is 3.06 bits per heavy atom. The highest BCUT2D eigenvalue weighted by Gasteiger charge is 2.15. The zero-order valence-electron chi connectivity index (χ0n) is 9.80. The van der Waals surface area contributed by atoms with E-state index in [0.717, 1.165) is 36.2 Å². The maximum atomic E-state index is 5.71. The molecule has 1 atom stereocenters. The smallest absolute Gasteiger partial charge is 0.131 e. The highest BCUT2D eigenvalue weighted by molar-refractivity contribution is 5.77. The first-order valence-corrected chi connectivity index (χ1v) is 6.24. The van der Waals surface area contributed by atoms with Crippen molar-refractivity contribution in [3.8, 4) is 0 Å². The average Bonchev–Trinajstić information content (AvgIpc) is 2.40. The molecule has 1 aliphatic heterocycles. The fourth-order valence-corrected chi connectivity index (χ4v) is 2.28. The van der Waals surface area contributed by atoms with Gasteiger partial charge in [0.25, 0.3) is 0 Å². The van der Waals surface area contributed by atoms with Gasteiger partial charge in [-0.1, -0.05) is 18.2 Å². The fourth-order valence-electron chi connectivity index (χ4n) is 2.28. The Morgan fingerprint density at radius 1 is 1.24 bits per heavy atom. The van der Waals surface area contributed by atoms with Gasteiger partial charge in [-0.3, -0.25) is 0 Å². The van der Waals surface area contributed by atoms with Crippen molar-refractivity contribution >= 4 is 10.9 Å². The molecule has 2 heterocycles. The van der Waals surface area contributed by atoms with Crippen LogP contribution in [-0.4, -0.2) is 22.7 Å². The van der Waals surface area contributed by atoms with Gasteiger partial charge < -0.3 is 4.74 Å². The van der Waals surface area contributed by atoms with Crippen LogP contribution in [0.15, 0.2) is 30.5 Å². The van der Waals surface area contributed by atoms with Gasteiger partial charge in [-0.05, 0) is 25.3 Å². The average molecular weight is 228 g/mol. The van der Waals surface area contributed by atoms with E-state index in [0.29, 0.717) is 6.10 Å². The van der Waals surface area contributed by atoms with E-state index in [1.807, 2.05) is 30.5 Å². The van der Waals surface area contributed by atoms with E-state index in [1.165, 1.54) is 12.8 Å². The second-order valence-electron chi connectivity index (χ2n) is 4.54. The lowest BCUT2D eigenvalue weighted by atomic mass is 10.1. The number of fused-ring (bicyclic) bond motifs is 1. The van der Waals surface area contributed by atoms with Crippen LogP contribution in [0.5, 0.6) is 0 Å². The molecule has 0 aliphatic carbocycles. The second-order valence-corrected chi connectivity index (χ2v) is 4.54. The first kappa shape index (κ1) is 10.7. The van der Waals surface area contributed by atoms with E-state index >= 15 is 0 Å². The van der Waals surface area contributed by atoms with E-state index in [1.54, 1.807) is 0 Å². The van der Waals surface area contributed by atoms with Gasteiger partial charge in [-0.25, -0.2) is 9.97 Å². The summed E-state index contributed by atoms with van der Waals surface area (Å²) in [4.78, 5) is 8.99.